The molecule has 5 rings (SSSR count). The standard InChI is InChI=1S/C26H18N4S/c1-18-17-31-26(28-18)20(15-27)14-21-16-30(22-10-3-2-4-11-22)29-25(21)24-13-7-9-19-8-5-6-12-23(19)24/h2-14,16-17H,1H3/b20-14+. The summed E-state index contributed by atoms with van der Waals surface area (Å²) in [7, 11) is 0. The predicted molar refractivity (Wildman–Crippen MR) is 127 cm³/mol. The molecule has 0 unspecified atom stereocenters. The van der Waals surface area contributed by atoms with Gasteiger partial charge in [-0.25, -0.2) is 9.67 Å². The first kappa shape index (κ1) is 19.0. The average Bonchev–Trinajstić information content (AvgIpc) is 3.44. The summed E-state index contributed by atoms with van der Waals surface area (Å²) >= 11 is 1.48. The van der Waals surface area contributed by atoms with Crippen LogP contribution in [-0.2, 0) is 0 Å². The third-order valence-corrected chi connectivity index (χ3v) is 6.07. The minimum atomic E-state index is 0.534. The number of hydrogen-bond acceptors (Lipinski definition) is 4. The molecule has 0 fully saturated rings. The van der Waals surface area contributed by atoms with Crippen molar-refractivity contribution >= 4 is 33.8 Å². The number of allylic oxidation sites excluding steroid dienone is 1. The van der Waals surface area contributed by atoms with Crippen LogP contribution in [0.4, 0.5) is 0 Å². The summed E-state index contributed by atoms with van der Waals surface area (Å²) in [6, 6.07) is 26.8. The van der Waals surface area contributed by atoms with Crippen molar-refractivity contribution < 1.29 is 0 Å². The van der Waals surface area contributed by atoms with Gasteiger partial charge in [0.2, 0.25) is 0 Å². The lowest BCUT2D eigenvalue weighted by atomic mass is 9.99. The Hall–Kier alpha value is -4.01. The summed E-state index contributed by atoms with van der Waals surface area (Å²) in [5, 5.41) is 19.7. The predicted octanol–water partition coefficient (Wildman–Crippen LogP) is 6.52. The molecule has 0 N–H and O–H groups in total. The largest absolute Gasteiger partial charge is 0.241 e. The van der Waals surface area contributed by atoms with E-state index in [2.05, 4.69) is 35.3 Å². The first-order valence-electron chi connectivity index (χ1n) is 9.90. The smallest absolute Gasteiger partial charge is 0.134 e. The molecule has 3 aromatic carbocycles. The van der Waals surface area contributed by atoms with Gasteiger partial charge in [0.1, 0.15) is 16.8 Å². The van der Waals surface area contributed by atoms with Gasteiger partial charge in [0.25, 0.3) is 0 Å². The summed E-state index contributed by atoms with van der Waals surface area (Å²) in [5.41, 5.74) is 5.16. The molecule has 0 aliphatic carbocycles. The Kier molecular flexibility index (Phi) is 4.91. The topological polar surface area (TPSA) is 54.5 Å². The number of aryl methyl sites for hydroxylation is 1. The molecule has 0 saturated heterocycles. The van der Waals surface area contributed by atoms with Crippen LogP contribution in [0.1, 0.15) is 16.3 Å². The van der Waals surface area contributed by atoms with Crippen molar-refractivity contribution in [3.05, 3.63) is 101 Å². The van der Waals surface area contributed by atoms with Crippen molar-refractivity contribution in [2.45, 2.75) is 6.92 Å². The van der Waals surface area contributed by atoms with E-state index in [0.29, 0.717) is 5.57 Å². The van der Waals surface area contributed by atoms with E-state index in [1.807, 2.05) is 77.8 Å². The number of benzene rings is 3. The zero-order chi connectivity index (χ0) is 21.2. The lowest BCUT2D eigenvalue weighted by molar-refractivity contribution is 0.884. The highest BCUT2D eigenvalue weighted by Crippen LogP contribution is 2.33. The third kappa shape index (κ3) is 3.65. The SMILES string of the molecule is Cc1csc(/C(C#N)=C/c2cn(-c3ccccc3)nc2-c2cccc3ccccc23)n1. The Labute approximate surface area is 184 Å². The van der Waals surface area contributed by atoms with Gasteiger partial charge < -0.3 is 0 Å². The highest BCUT2D eigenvalue weighted by molar-refractivity contribution is 7.11. The molecule has 0 radical (unpaired) electrons. The Morgan fingerprint density at radius 2 is 1.77 bits per heavy atom. The van der Waals surface area contributed by atoms with Gasteiger partial charge in [0, 0.05) is 28.4 Å². The van der Waals surface area contributed by atoms with Gasteiger partial charge in [-0.05, 0) is 35.9 Å². The molecular formula is C26H18N4S. The van der Waals surface area contributed by atoms with Gasteiger partial charge in [0.15, 0.2) is 0 Å². The molecule has 5 aromatic rings. The number of aromatic nitrogens is 3. The fourth-order valence-electron chi connectivity index (χ4n) is 3.62. The molecule has 0 aliphatic rings. The second-order valence-corrected chi connectivity index (χ2v) is 8.06. The van der Waals surface area contributed by atoms with E-state index in [1.165, 1.54) is 11.3 Å². The number of thiazole rings is 1. The van der Waals surface area contributed by atoms with Gasteiger partial charge in [-0.1, -0.05) is 60.7 Å². The summed E-state index contributed by atoms with van der Waals surface area (Å²) in [6.07, 6.45) is 3.87. The van der Waals surface area contributed by atoms with Gasteiger partial charge in [-0.15, -0.1) is 11.3 Å². The number of nitrogens with zero attached hydrogens (tertiary/aromatic N) is 4. The molecule has 31 heavy (non-hydrogen) atoms. The molecule has 0 spiro atoms. The zero-order valence-electron chi connectivity index (χ0n) is 16.9. The Bertz CT molecular complexity index is 1450. The maximum Gasteiger partial charge on any atom is 0.134 e. The molecule has 5 heteroatoms. The first-order chi connectivity index (χ1) is 15.2. The van der Waals surface area contributed by atoms with E-state index in [1.54, 1.807) is 0 Å². The monoisotopic (exact) mass is 418 g/mol. The van der Waals surface area contributed by atoms with E-state index in [4.69, 9.17) is 5.10 Å². The summed E-state index contributed by atoms with van der Waals surface area (Å²) < 4.78 is 1.87. The molecule has 0 amide bonds. The van der Waals surface area contributed by atoms with Crippen molar-refractivity contribution in [3.8, 4) is 23.0 Å². The van der Waals surface area contributed by atoms with Crippen molar-refractivity contribution in [1.82, 2.24) is 14.8 Å². The molecule has 4 nitrogen and oxygen atoms in total. The number of para-hydroxylation sites is 1. The number of fused-ring (bicyclic) bond motifs is 1. The van der Waals surface area contributed by atoms with Crippen LogP contribution in [0.15, 0.2) is 84.4 Å². The van der Waals surface area contributed by atoms with Crippen molar-refractivity contribution in [1.29, 1.82) is 5.26 Å². The average molecular weight is 419 g/mol. The molecule has 148 valence electrons. The maximum absolute atomic E-state index is 9.83. The van der Waals surface area contributed by atoms with Crippen molar-refractivity contribution in [2.24, 2.45) is 0 Å². The minimum Gasteiger partial charge on any atom is -0.241 e. The minimum absolute atomic E-state index is 0.534. The van der Waals surface area contributed by atoms with Crippen LogP contribution in [0.25, 0.3) is 39.4 Å². The van der Waals surface area contributed by atoms with E-state index in [9.17, 15) is 5.26 Å². The van der Waals surface area contributed by atoms with E-state index in [-0.39, 0.29) is 0 Å². The summed E-state index contributed by atoms with van der Waals surface area (Å²) in [6.45, 7) is 1.93. The van der Waals surface area contributed by atoms with Crippen LogP contribution in [-0.4, -0.2) is 14.8 Å². The number of nitriles is 1. The molecule has 0 saturated carbocycles. The number of rotatable bonds is 4. The van der Waals surface area contributed by atoms with Gasteiger partial charge in [0.05, 0.1) is 11.3 Å². The Morgan fingerprint density at radius 1 is 1.00 bits per heavy atom. The lowest BCUT2D eigenvalue weighted by Gasteiger charge is -2.05. The van der Waals surface area contributed by atoms with Gasteiger partial charge in [-0.3, -0.25) is 0 Å². The lowest BCUT2D eigenvalue weighted by Crippen LogP contribution is -1.94. The molecule has 0 aliphatic heterocycles. The highest BCUT2D eigenvalue weighted by atomic mass is 32.1. The highest BCUT2D eigenvalue weighted by Gasteiger charge is 2.15. The van der Waals surface area contributed by atoms with Crippen LogP contribution in [0.2, 0.25) is 0 Å². The normalized spacial score (nSPS) is 11.5. The number of hydrogen-bond donors (Lipinski definition) is 0. The van der Waals surface area contributed by atoms with Gasteiger partial charge in [-0.2, -0.15) is 10.4 Å². The fraction of sp³-hybridized carbons (Fsp3) is 0.0385. The van der Waals surface area contributed by atoms with Crippen LogP contribution >= 0.6 is 11.3 Å². The molecule has 0 bridgehead atoms. The second kappa shape index (κ2) is 8.02. The Balaban J connectivity index is 1.74. The Morgan fingerprint density at radius 3 is 2.55 bits per heavy atom. The quantitative estimate of drug-likeness (QED) is 0.312. The third-order valence-electron chi connectivity index (χ3n) is 5.08. The first-order valence-corrected chi connectivity index (χ1v) is 10.8. The molecule has 0 atom stereocenters. The van der Waals surface area contributed by atoms with E-state index in [0.717, 1.165) is 44.0 Å². The maximum atomic E-state index is 9.83. The van der Waals surface area contributed by atoms with Crippen molar-refractivity contribution in [2.75, 3.05) is 0 Å². The summed E-state index contributed by atoms with van der Waals surface area (Å²) in [4.78, 5) is 4.50. The second-order valence-electron chi connectivity index (χ2n) is 7.20. The van der Waals surface area contributed by atoms with Crippen LogP contribution < -0.4 is 0 Å². The van der Waals surface area contributed by atoms with Crippen LogP contribution in [0, 0.1) is 18.3 Å². The molecular weight excluding hydrogens is 400 g/mol. The molecule has 2 heterocycles. The van der Waals surface area contributed by atoms with Crippen LogP contribution in [0.3, 0.4) is 0 Å². The van der Waals surface area contributed by atoms with Crippen molar-refractivity contribution in [3.63, 3.8) is 0 Å². The zero-order valence-corrected chi connectivity index (χ0v) is 17.7. The van der Waals surface area contributed by atoms with Gasteiger partial charge >= 0.3 is 0 Å². The fourth-order valence-corrected chi connectivity index (χ4v) is 4.39. The van der Waals surface area contributed by atoms with E-state index >= 15 is 0 Å². The van der Waals surface area contributed by atoms with Crippen LogP contribution in [0.5, 0.6) is 0 Å². The molecule has 2 aromatic heterocycles. The van der Waals surface area contributed by atoms with E-state index < -0.39 is 0 Å². The summed E-state index contributed by atoms with van der Waals surface area (Å²) in [5.74, 6) is 0.